The Morgan fingerprint density at radius 1 is 0.435 bits per heavy atom. The minimum atomic E-state index is -7.49. The van der Waals surface area contributed by atoms with Gasteiger partial charge in [0.2, 0.25) is 17.8 Å². The van der Waals surface area contributed by atoms with Gasteiger partial charge in [0.1, 0.15) is 0 Å². The van der Waals surface area contributed by atoms with Gasteiger partial charge in [-0.1, -0.05) is 5.92 Å². The Morgan fingerprint density at radius 3 is 0.783 bits per heavy atom. The smallest absolute Gasteiger partial charge is 1.00 e. The Labute approximate surface area is 151 Å². The molecule has 2 bridgehead atoms. The van der Waals surface area contributed by atoms with Crippen molar-refractivity contribution in [1.82, 2.24) is 0 Å². The average molecular weight is 494 g/mol. The van der Waals surface area contributed by atoms with Crippen LogP contribution in [0, 0.1) is 5.92 Å². The summed E-state index contributed by atoms with van der Waals surface area (Å²) in [5.41, 5.74) is -7.49. The molecule has 0 amide bonds. The van der Waals surface area contributed by atoms with Crippen molar-refractivity contribution in [3.05, 3.63) is 5.92 Å². The standard InChI is InChI=1S/C8F13.HI.Mg/c9-2(10)1-3(11,12)7(18,19)5(15,6(2,16)17)8(20,21)4(1,13)14;;/h;1H;/q-1;;+2/p-1. The number of hydrogen-bond donors (Lipinski definition) is 0. The molecule has 0 N–H and O–H groups in total. The van der Waals surface area contributed by atoms with Crippen LogP contribution in [0.3, 0.4) is 0 Å². The van der Waals surface area contributed by atoms with Gasteiger partial charge in [0.15, 0.2) is 0 Å². The molecule has 0 unspecified atom stereocenters. The largest absolute Gasteiger partial charge is 2.00 e. The van der Waals surface area contributed by atoms with E-state index in [0.717, 1.165) is 0 Å². The van der Waals surface area contributed by atoms with E-state index in [9.17, 15) is 57.1 Å². The quantitative estimate of drug-likeness (QED) is 0.202. The molecule has 0 aromatic heterocycles. The zero-order valence-corrected chi connectivity index (χ0v) is 13.6. The van der Waals surface area contributed by atoms with Gasteiger partial charge in [-0.25, -0.2) is 30.7 Å². The van der Waals surface area contributed by atoms with E-state index >= 15 is 0 Å². The van der Waals surface area contributed by atoms with E-state index in [1.54, 1.807) is 0 Å². The van der Waals surface area contributed by atoms with Crippen LogP contribution in [0.1, 0.15) is 0 Å². The molecule has 0 spiro atoms. The molecule has 3 saturated carbocycles. The molecule has 0 nitrogen and oxygen atoms in total. The van der Waals surface area contributed by atoms with Crippen molar-refractivity contribution in [3.63, 3.8) is 0 Å². The Balaban J connectivity index is 0.00000242. The van der Waals surface area contributed by atoms with Gasteiger partial charge < -0.3 is 24.0 Å². The first-order chi connectivity index (χ1) is 8.87. The summed E-state index contributed by atoms with van der Waals surface area (Å²) in [6, 6.07) is 0. The van der Waals surface area contributed by atoms with Crippen molar-refractivity contribution in [2.75, 3.05) is 0 Å². The number of fused-ring (bicyclic) bond motifs is 3. The Morgan fingerprint density at radius 2 is 0.609 bits per heavy atom. The van der Waals surface area contributed by atoms with Crippen molar-refractivity contribution in [1.29, 1.82) is 0 Å². The number of rotatable bonds is 0. The van der Waals surface area contributed by atoms with Crippen LogP contribution in [0.15, 0.2) is 0 Å². The van der Waals surface area contributed by atoms with Gasteiger partial charge >= 0.3 is 46.5 Å². The molecule has 0 aromatic rings. The summed E-state index contributed by atoms with van der Waals surface area (Å²) < 4.78 is 169. The first-order valence-electron chi connectivity index (χ1n) is 4.71. The predicted octanol–water partition coefficient (Wildman–Crippen LogP) is 0.731. The average Bonchev–Trinajstić information content (AvgIpc) is 2.22. The molecule has 0 saturated heterocycles. The fraction of sp³-hybridized carbons (Fsp3) is 0.875. The van der Waals surface area contributed by atoms with Crippen LogP contribution < -0.4 is 24.0 Å². The molecule has 3 fully saturated rings. The first-order valence-corrected chi connectivity index (χ1v) is 4.71. The summed E-state index contributed by atoms with van der Waals surface area (Å²) in [4.78, 5) is 0. The third kappa shape index (κ3) is 1.82. The molecule has 15 heteroatoms. The van der Waals surface area contributed by atoms with E-state index in [2.05, 4.69) is 0 Å². The SMILES string of the molecule is FC1(F)[C-]2C(F)(F)C(F)(F)C(F)(C1(F)F)C(F)(F)C2(F)F.[I-].[Mg+2]. The third-order valence-corrected chi connectivity index (χ3v) is 3.42. The fourth-order valence-corrected chi connectivity index (χ4v) is 2.30. The van der Waals surface area contributed by atoms with Crippen LogP contribution in [0.4, 0.5) is 57.1 Å². The maximum atomic E-state index is 13.5. The summed E-state index contributed by atoms with van der Waals surface area (Å²) in [5, 5.41) is 0. The first kappa shape index (κ1) is 23.6. The molecule has 0 aromatic carbocycles. The van der Waals surface area contributed by atoms with Crippen LogP contribution in [-0.2, 0) is 0 Å². The van der Waals surface area contributed by atoms with Gasteiger partial charge in [0, 0.05) is 0 Å². The molecule has 3 aliphatic carbocycles. The van der Waals surface area contributed by atoms with Crippen LogP contribution in [0.5, 0.6) is 0 Å². The maximum Gasteiger partial charge on any atom is 2.00 e. The molecule has 3 rings (SSSR count). The number of hydrogen-bond acceptors (Lipinski definition) is 0. The summed E-state index contributed by atoms with van der Waals surface area (Å²) in [7, 11) is 0. The molecule has 23 heavy (non-hydrogen) atoms. The molecule has 0 radical (unpaired) electrons. The van der Waals surface area contributed by atoms with Crippen LogP contribution in [0.25, 0.3) is 0 Å². The van der Waals surface area contributed by atoms with Gasteiger partial charge in [-0.2, -0.15) is 26.3 Å². The monoisotopic (exact) mass is 494 g/mol. The summed E-state index contributed by atoms with van der Waals surface area (Å²) >= 11 is 0. The molecular weight excluding hydrogens is 494 g/mol. The molecule has 0 aliphatic heterocycles. The summed E-state index contributed by atoms with van der Waals surface area (Å²) in [6.45, 7) is 0. The van der Waals surface area contributed by atoms with Crippen LogP contribution >= 0.6 is 0 Å². The van der Waals surface area contributed by atoms with Crippen molar-refractivity contribution < 1.29 is 81.1 Å². The van der Waals surface area contributed by atoms with Crippen LogP contribution in [0.2, 0.25) is 0 Å². The second-order valence-corrected chi connectivity index (χ2v) is 4.48. The predicted molar refractivity (Wildman–Crippen MR) is 42.5 cm³/mol. The molecule has 3 aliphatic rings. The number of alkyl halides is 13. The number of halogens is 14. The topological polar surface area (TPSA) is 0 Å². The van der Waals surface area contributed by atoms with Gasteiger partial charge in [0.25, 0.3) is 0 Å². The Hall–Kier alpha value is 0.586. The third-order valence-electron chi connectivity index (χ3n) is 3.42. The Kier molecular flexibility index (Phi) is 5.19. The molecule has 132 valence electrons. The van der Waals surface area contributed by atoms with Crippen molar-refractivity contribution in [2.24, 2.45) is 0 Å². The van der Waals surface area contributed by atoms with Crippen molar-refractivity contribution in [2.45, 2.75) is 41.2 Å². The Bertz CT molecular complexity index is 431. The zero-order valence-electron chi connectivity index (χ0n) is 10.00. The fourth-order valence-electron chi connectivity index (χ4n) is 2.30. The van der Waals surface area contributed by atoms with E-state index in [1.165, 1.54) is 0 Å². The molecule has 0 heterocycles. The van der Waals surface area contributed by atoms with Gasteiger partial charge in [-0.15, -0.1) is 0 Å². The van der Waals surface area contributed by atoms with Gasteiger partial charge in [0.05, 0.1) is 0 Å². The minimum Gasteiger partial charge on any atom is -1.00 e. The molecule has 0 atom stereocenters. The second-order valence-electron chi connectivity index (χ2n) is 4.48. The van der Waals surface area contributed by atoms with E-state index in [-0.39, 0.29) is 47.0 Å². The van der Waals surface area contributed by atoms with E-state index in [4.69, 9.17) is 0 Å². The summed E-state index contributed by atoms with van der Waals surface area (Å²) in [5.74, 6) is -47.0. The second kappa shape index (κ2) is 5.06. The zero-order chi connectivity index (χ0) is 17.1. The van der Waals surface area contributed by atoms with Gasteiger partial charge in [-0.3, -0.25) is 0 Å². The van der Waals surface area contributed by atoms with E-state index < -0.39 is 47.1 Å². The van der Waals surface area contributed by atoms with Gasteiger partial charge in [-0.05, 0) is 0 Å². The van der Waals surface area contributed by atoms with Crippen LogP contribution in [-0.4, -0.2) is 64.3 Å². The minimum absolute atomic E-state index is 0. The summed E-state index contributed by atoms with van der Waals surface area (Å²) in [6.07, 6.45) is 0. The van der Waals surface area contributed by atoms with Crippen molar-refractivity contribution in [3.8, 4) is 0 Å². The normalized spacial score (nSPS) is 33.3. The van der Waals surface area contributed by atoms with Crippen molar-refractivity contribution >= 4 is 23.1 Å². The van der Waals surface area contributed by atoms with E-state index in [0.29, 0.717) is 0 Å². The molecular formula is C8F13IMg. The van der Waals surface area contributed by atoms with E-state index in [1.807, 2.05) is 0 Å². The maximum absolute atomic E-state index is 13.5.